The molecule has 0 saturated heterocycles. The van der Waals surface area contributed by atoms with Gasteiger partial charge in [-0.05, 0) is 36.0 Å². The molecule has 0 radical (unpaired) electrons. The van der Waals surface area contributed by atoms with Gasteiger partial charge in [0.1, 0.15) is 0 Å². The molecule has 1 amide bonds. The van der Waals surface area contributed by atoms with Crippen molar-refractivity contribution in [2.24, 2.45) is 5.92 Å². The van der Waals surface area contributed by atoms with Crippen LogP contribution in [-0.2, 0) is 9.53 Å². The van der Waals surface area contributed by atoms with Gasteiger partial charge in [-0.15, -0.1) is 0 Å². The Hall–Kier alpha value is -1.06. The Bertz CT molecular complexity index is 403. The van der Waals surface area contributed by atoms with E-state index in [1.165, 1.54) is 0 Å². The van der Waals surface area contributed by atoms with Crippen LogP contribution in [0.1, 0.15) is 38.2 Å². The van der Waals surface area contributed by atoms with Gasteiger partial charge in [0.05, 0.1) is 0 Å². The van der Waals surface area contributed by atoms with Gasteiger partial charge in [-0.2, -0.15) is 0 Å². The van der Waals surface area contributed by atoms with E-state index in [0.29, 0.717) is 25.5 Å². The van der Waals surface area contributed by atoms with Crippen molar-refractivity contribution in [1.29, 1.82) is 0 Å². The topological polar surface area (TPSA) is 38.3 Å². The minimum absolute atomic E-state index is 0.0924. The Labute approximate surface area is 126 Å². The van der Waals surface area contributed by atoms with E-state index in [0.717, 1.165) is 17.0 Å². The van der Waals surface area contributed by atoms with E-state index in [9.17, 15) is 4.79 Å². The predicted octanol–water partition coefficient (Wildman–Crippen LogP) is 3.62. The summed E-state index contributed by atoms with van der Waals surface area (Å²) in [5.41, 5.74) is 1.16. The van der Waals surface area contributed by atoms with Crippen LogP contribution in [-0.4, -0.2) is 26.2 Å². The number of carbonyl (C=O) groups excluding carboxylic acids is 1. The van der Waals surface area contributed by atoms with E-state index >= 15 is 0 Å². The van der Waals surface area contributed by atoms with Gasteiger partial charge in [0, 0.05) is 31.7 Å². The van der Waals surface area contributed by atoms with Crippen LogP contribution >= 0.6 is 11.6 Å². The Morgan fingerprint density at radius 1 is 1.30 bits per heavy atom. The third-order valence-electron chi connectivity index (χ3n) is 3.36. The van der Waals surface area contributed by atoms with Crippen LogP contribution in [0.15, 0.2) is 24.3 Å². The minimum Gasteiger partial charge on any atom is -0.385 e. The van der Waals surface area contributed by atoms with Gasteiger partial charge in [0.25, 0.3) is 0 Å². The Balaban J connectivity index is 2.55. The fraction of sp³-hybridized carbons (Fsp3) is 0.562. The molecule has 0 bridgehead atoms. The Morgan fingerprint density at radius 2 is 1.95 bits per heavy atom. The summed E-state index contributed by atoms with van der Waals surface area (Å²) < 4.78 is 4.96. The molecule has 0 spiro atoms. The zero-order valence-corrected chi connectivity index (χ0v) is 13.2. The number of benzene rings is 1. The lowest BCUT2D eigenvalue weighted by atomic mass is 9.85. The number of ether oxygens (including phenoxy) is 1. The molecular formula is C16H24ClNO2. The molecule has 20 heavy (non-hydrogen) atoms. The molecule has 112 valence electrons. The highest BCUT2D eigenvalue weighted by Crippen LogP contribution is 2.28. The molecule has 1 unspecified atom stereocenters. The summed E-state index contributed by atoms with van der Waals surface area (Å²) in [6, 6.07) is 7.77. The highest BCUT2D eigenvalue weighted by molar-refractivity contribution is 6.30. The highest BCUT2D eigenvalue weighted by Gasteiger charge is 2.19. The largest absolute Gasteiger partial charge is 0.385 e. The SMILES string of the molecule is COCCCNC(=O)CC(c1ccc(Cl)cc1)C(C)C. The Morgan fingerprint density at radius 3 is 2.50 bits per heavy atom. The summed E-state index contributed by atoms with van der Waals surface area (Å²) in [4.78, 5) is 12.0. The van der Waals surface area contributed by atoms with E-state index in [1.807, 2.05) is 24.3 Å². The molecule has 0 aliphatic rings. The second-order valence-electron chi connectivity index (χ2n) is 5.30. The molecule has 0 heterocycles. The first-order valence-electron chi connectivity index (χ1n) is 7.05. The van der Waals surface area contributed by atoms with Gasteiger partial charge < -0.3 is 10.1 Å². The van der Waals surface area contributed by atoms with Crippen LogP contribution in [0.5, 0.6) is 0 Å². The molecule has 1 aromatic carbocycles. The van der Waals surface area contributed by atoms with Crippen molar-refractivity contribution in [3.05, 3.63) is 34.9 Å². The number of hydrogen-bond acceptors (Lipinski definition) is 2. The summed E-state index contributed by atoms with van der Waals surface area (Å²) in [7, 11) is 1.66. The van der Waals surface area contributed by atoms with Gasteiger partial charge in [-0.1, -0.05) is 37.6 Å². The van der Waals surface area contributed by atoms with Crippen LogP contribution in [0, 0.1) is 5.92 Å². The second kappa shape index (κ2) is 8.98. The first-order valence-corrected chi connectivity index (χ1v) is 7.43. The van der Waals surface area contributed by atoms with Gasteiger partial charge in [0.2, 0.25) is 5.91 Å². The third-order valence-corrected chi connectivity index (χ3v) is 3.61. The molecule has 0 aliphatic heterocycles. The highest BCUT2D eigenvalue weighted by atomic mass is 35.5. The van der Waals surface area contributed by atoms with Gasteiger partial charge in [0.15, 0.2) is 0 Å². The van der Waals surface area contributed by atoms with Crippen molar-refractivity contribution >= 4 is 17.5 Å². The summed E-state index contributed by atoms with van der Waals surface area (Å²) in [5, 5.41) is 3.66. The average Bonchev–Trinajstić information content (AvgIpc) is 2.42. The maximum Gasteiger partial charge on any atom is 0.220 e. The van der Waals surface area contributed by atoms with E-state index in [4.69, 9.17) is 16.3 Å². The first-order chi connectivity index (χ1) is 9.54. The predicted molar refractivity (Wildman–Crippen MR) is 83.2 cm³/mol. The monoisotopic (exact) mass is 297 g/mol. The van der Waals surface area contributed by atoms with Crippen molar-refractivity contribution in [2.75, 3.05) is 20.3 Å². The smallest absolute Gasteiger partial charge is 0.220 e. The molecule has 0 fully saturated rings. The van der Waals surface area contributed by atoms with Crippen molar-refractivity contribution in [3.63, 3.8) is 0 Å². The third kappa shape index (κ3) is 5.93. The summed E-state index contributed by atoms with van der Waals surface area (Å²) in [5.74, 6) is 0.713. The normalized spacial score (nSPS) is 12.4. The number of rotatable bonds is 8. The molecule has 0 aromatic heterocycles. The molecule has 1 N–H and O–H groups in total. The second-order valence-corrected chi connectivity index (χ2v) is 5.74. The lowest BCUT2D eigenvalue weighted by molar-refractivity contribution is -0.121. The van der Waals surface area contributed by atoms with E-state index < -0.39 is 0 Å². The summed E-state index contributed by atoms with van der Waals surface area (Å²) >= 11 is 5.91. The van der Waals surface area contributed by atoms with Gasteiger partial charge in [-0.25, -0.2) is 0 Å². The minimum atomic E-state index is 0.0924. The fourth-order valence-corrected chi connectivity index (χ4v) is 2.29. The van der Waals surface area contributed by atoms with Gasteiger partial charge >= 0.3 is 0 Å². The lowest BCUT2D eigenvalue weighted by Gasteiger charge is -2.21. The van der Waals surface area contributed by atoms with Crippen molar-refractivity contribution in [3.8, 4) is 0 Å². The van der Waals surface area contributed by atoms with Crippen molar-refractivity contribution in [2.45, 2.75) is 32.6 Å². The Kier molecular flexibility index (Phi) is 7.63. The molecule has 1 atom stereocenters. The molecule has 1 aromatic rings. The number of hydrogen-bond donors (Lipinski definition) is 1. The quantitative estimate of drug-likeness (QED) is 0.744. The molecule has 0 aliphatic carbocycles. The fourth-order valence-electron chi connectivity index (χ4n) is 2.16. The van der Waals surface area contributed by atoms with E-state index in [2.05, 4.69) is 19.2 Å². The molecule has 4 heteroatoms. The number of amides is 1. The molecule has 0 saturated carbocycles. The first kappa shape index (κ1) is 17.0. The summed E-state index contributed by atoms with van der Waals surface area (Å²) in [6.07, 6.45) is 1.35. The van der Waals surface area contributed by atoms with Crippen LogP contribution in [0.3, 0.4) is 0 Å². The number of methoxy groups -OCH3 is 1. The number of nitrogens with one attached hydrogen (secondary N) is 1. The van der Waals surface area contributed by atoms with Crippen molar-refractivity contribution < 1.29 is 9.53 Å². The molecule has 1 rings (SSSR count). The van der Waals surface area contributed by atoms with E-state index in [1.54, 1.807) is 7.11 Å². The van der Waals surface area contributed by atoms with Crippen molar-refractivity contribution in [1.82, 2.24) is 5.32 Å². The average molecular weight is 298 g/mol. The van der Waals surface area contributed by atoms with Crippen LogP contribution in [0.25, 0.3) is 0 Å². The zero-order chi connectivity index (χ0) is 15.0. The molecular weight excluding hydrogens is 274 g/mol. The van der Waals surface area contributed by atoms with Crippen LogP contribution in [0.2, 0.25) is 5.02 Å². The molecule has 3 nitrogen and oxygen atoms in total. The summed E-state index contributed by atoms with van der Waals surface area (Å²) in [6.45, 7) is 5.61. The van der Waals surface area contributed by atoms with Gasteiger partial charge in [-0.3, -0.25) is 4.79 Å². The number of halogens is 1. The van der Waals surface area contributed by atoms with E-state index in [-0.39, 0.29) is 11.8 Å². The zero-order valence-electron chi connectivity index (χ0n) is 12.5. The van der Waals surface area contributed by atoms with Crippen LogP contribution in [0.4, 0.5) is 0 Å². The standard InChI is InChI=1S/C16H24ClNO2/c1-12(2)15(13-5-7-14(17)8-6-13)11-16(19)18-9-4-10-20-3/h5-8,12,15H,4,9-11H2,1-3H3,(H,18,19). The number of carbonyl (C=O) groups is 1. The lowest BCUT2D eigenvalue weighted by Crippen LogP contribution is -2.27. The van der Waals surface area contributed by atoms with Crippen LogP contribution < -0.4 is 5.32 Å². The maximum atomic E-state index is 12.0. The maximum absolute atomic E-state index is 12.0.